The number of aliphatic hydroxyl groups excluding tert-OH is 1. The summed E-state index contributed by atoms with van der Waals surface area (Å²) in [6, 6.07) is 0. The third kappa shape index (κ3) is 2.13. The van der Waals surface area contributed by atoms with Crippen molar-refractivity contribution in [3.05, 3.63) is 12.2 Å². The molecule has 0 spiro atoms. The maximum absolute atomic E-state index is 10.4. The van der Waals surface area contributed by atoms with Gasteiger partial charge in [0, 0.05) is 7.11 Å². The molecular weight excluding hydrogens is 284 g/mol. The van der Waals surface area contributed by atoms with E-state index in [9.17, 15) is 5.11 Å². The van der Waals surface area contributed by atoms with Crippen LogP contribution in [0.25, 0.3) is 0 Å². The van der Waals surface area contributed by atoms with Crippen molar-refractivity contribution >= 4 is 0 Å². The monoisotopic (exact) mass is 318 g/mol. The molecule has 0 amide bonds. The highest BCUT2D eigenvalue weighted by Crippen LogP contribution is 2.67. The van der Waals surface area contributed by atoms with Gasteiger partial charge in [0.05, 0.1) is 12.2 Å². The maximum Gasteiger partial charge on any atom is 0.0835 e. The lowest BCUT2D eigenvalue weighted by Gasteiger charge is -2.61. The summed E-state index contributed by atoms with van der Waals surface area (Å²) in [5, 5.41) is 10.4. The van der Waals surface area contributed by atoms with Crippen LogP contribution in [0.1, 0.15) is 65.2 Å². The fraction of sp³-hybridized carbons (Fsp3) is 0.905. The number of hydrogen-bond donors (Lipinski definition) is 1. The third-order valence-electron chi connectivity index (χ3n) is 8.92. The van der Waals surface area contributed by atoms with Gasteiger partial charge in [0.1, 0.15) is 0 Å². The number of fused-ring (bicyclic) bond motifs is 5. The van der Waals surface area contributed by atoms with Gasteiger partial charge in [0.25, 0.3) is 0 Å². The van der Waals surface area contributed by atoms with Crippen molar-refractivity contribution in [2.24, 2.45) is 34.5 Å². The van der Waals surface area contributed by atoms with Crippen LogP contribution in [0.15, 0.2) is 12.2 Å². The minimum absolute atomic E-state index is 0.0434. The van der Waals surface area contributed by atoms with E-state index in [0.29, 0.717) is 16.7 Å². The minimum Gasteiger partial charge on any atom is -0.390 e. The molecule has 0 bridgehead atoms. The molecule has 0 aromatic carbocycles. The summed E-state index contributed by atoms with van der Waals surface area (Å²) in [7, 11) is 1.77. The third-order valence-corrected chi connectivity index (χ3v) is 8.92. The van der Waals surface area contributed by atoms with Gasteiger partial charge in [0.2, 0.25) is 0 Å². The highest BCUT2D eigenvalue weighted by atomic mass is 16.5. The number of rotatable bonds is 1. The number of allylic oxidation sites excluding steroid dienone is 1. The molecule has 0 aromatic heterocycles. The van der Waals surface area contributed by atoms with Crippen LogP contribution in [0.3, 0.4) is 0 Å². The van der Waals surface area contributed by atoms with Crippen LogP contribution in [0, 0.1) is 34.5 Å². The zero-order valence-corrected chi connectivity index (χ0v) is 15.2. The Labute approximate surface area is 141 Å². The quantitative estimate of drug-likeness (QED) is 0.718. The van der Waals surface area contributed by atoms with Crippen LogP contribution in [0.2, 0.25) is 0 Å². The molecule has 3 unspecified atom stereocenters. The second-order valence-electron chi connectivity index (χ2n) is 9.54. The van der Waals surface area contributed by atoms with E-state index in [1.807, 2.05) is 0 Å². The minimum atomic E-state index is -0.255. The molecule has 23 heavy (non-hydrogen) atoms. The van der Waals surface area contributed by atoms with E-state index >= 15 is 0 Å². The molecule has 0 saturated heterocycles. The topological polar surface area (TPSA) is 29.5 Å². The van der Waals surface area contributed by atoms with Gasteiger partial charge >= 0.3 is 0 Å². The maximum atomic E-state index is 10.4. The van der Waals surface area contributed by atoms with Gasteiger partial charge in [-0.05, 0) is 85.9 Å². The fourth-order valence-corrected chi connectivity index (χ4v) is 7.40. The van der Waals surface area contributed by atoms with Crippen LogP contribution in [0.4, 0.5) is 0 Å². The lowest BCUT2D eigenvalue weighted by atomic mass is 9.45. The number of ether oxygens (including phenoxy) is 1. The fourth-order valence-electron chi connectivity index (χ4n) is 7.40. The van der Waals surface area contributed by atoms with Crippen LogP contribution < -0.4 is 0 Å². The standard InChI is InChI=1S/C21H34O2/c1-13-5-8-16-15-7-6-14-11-18(22)19(23-4)12-21(14,3)17(15)9-10-20(13,16)2/h14-19,22H,1,5-12H2,2-4H3/t14?,15-,16-,17+,18?,19?,20+,21-/m0/s1. The first-order valence-corrected chi connectivity index (χ1v) is 9.79. The van der Waals surface area contributed by atoms with Crippen LogP contribution >= 0.6 is 0 Å². The second kappa shape index (κ2) is 5.33. The smallest absolute Gasteiger partial charge is 0.0835 e. The molecule has 4 fully saturated rings. The Bertz CT molecular complexity index is 500. The molecule has 4 aliphatic rings. The molecule has 0 aliphatic heterocycles. The Morgan fingerprint density at radius 2 is 1.91 bits per heavy atom. The van der Waals surface area contributed by atoms with E-state index in [2.05, 4.69) is 20.4 Å². The van der Waals surface area contributed by atoms with Crippen LogP contribution in [-0.2, 0) is 4.74 Å². The average molecular weight is 319 g/mol. The van der Waals surface area contributed by atoms with Gasteiger partial charge in [0.15, 0.2) is 0 Å². The van der Waals surface area contributed by atoms with Crippen molar-refractivity contribution < 1.29 is 9.84 Å². The van der Waals surface area contributed by atoms with E-state index in [1.54, 1.807) is 7.11 Å². The molecule has 0 radical (unpaired) electrons. The van der Waals surface area contributed by atoms with Gasteiger partial charge in [-0.1, -0.05) is 26.0 Å². The molecule has 1 N–H and O–H groups in total. The molecule has 130 valence electrons. The van der Waals surface area contributed by atoms with Gasteiger partial charge in [-0.2, -0.15) is 0 Å². The Balaban J connectivity index is 1.64. The summed E-state index contributed by atoms with van der Waals surface area (Å²) in [6.07, 6.45) is 9.80. The Kier molecular flexibility index (Phi) is 3.74. The first-order chi connectivity index (χ1) is 10.9. The van der Waals surface area contributed by atoms with Crippen molar-refractivity contribution in [3.63, 3.8) is 0 Å². The number of methoxy groups -OCH3 is 1. The van der Waals surface area contributed by atoms with Crippen molar-refractivity contribution in [2.45, 2.75) is 77.4 Å². The van der Waals surface area contributed by atoms with Crippen LogP contribution in [-0.4, -0.2) is 24.4 Å². The van der Waals surface area contributed by atoms with Gasteiger partial charge in [-0.3, -0.25) is 0 Å². The normalized spacial score (nSPS) is 55.9. The van der Waals surface area contributed by atoms with E-state index in [0.717, 1.165) is 30.6 Å². The summed E-state index contributed by atoms with van der Waals surface area (Å²) in [4.78, 5) is 0. The molecule has 0 aromatic rings. The van der Waals surface area contributed by atoms with Crippen LogP contribution in [0.5, 0.6) is 0 Å². The van der Waals surface area contributed by atoms with Crippen molar-refractivity contribution in [1.29, 1.82) is 0 Å². The molecule has 0 heterocycles. The van der Waals surface area contributed by atoms with Gasteiger partial charge < -0.3 is 9.84 Å². The zero-order chi connectivity index (χ0) is 16.4. The highest BCUT2D eigenvalue weighted by molar-refractivity contribution is 5.21. The summed E-state index contributed by atoms with van der Waals surface area (Å²) in [6.45, 7) is 9.46. The predicted octanol–water partition coefficient (Wildman–Crippen LogP) is 4.57. The number of aliphatic hydroxyl groups is 1. The van der Waals surface area contributed by atoms with E-state index < -0.39 is 0 Å². The van der Waals surface area contributed by atoms with E-state index in [1.165, 1.54) is 44.1 Å². The zero-order valence-electron chi connectivity index (χ0n) is 15.2. The van der Waals surface area contributed by atoms with E-state index in [-0.39, 0.29) is 12.2 Å². The number of hydrogen-bond acceptors (Lipinski definition) is 2. The molecule has 4 rings (SSSR count). The lowest BCUT2D eigenvalue weighted by Crippen LogP contribution is -2.56. The lowest BCUT2D eigenvalue weighted by molar-refractivity contribution is -0.161. The highest BCUT2D eigenvalue weighted by Gasteiger charge is 2.59. The SMILES string of the molecule is C=C1CC[C@H]2[C@@H]3CCC4CC(O)C(OC)C[C@]4(C)[C@@H]3CC[C@]12C. The molecule has 4 aliphatic carbocycles. The molecular formula is C21H34O2. The van der Waals surface area contributed by atoms with Crippen molar-refractivity contribution in [2.75, 3.05) is 7.11 Å². The summed E-state index contributed by atoms with van der Waals surface area (Å²) in [5.41, 5.74) is 2.31. The predicted molar refractivity (Wildman–Crippen MR) is 93.1 cm³/mol. The van der Waals surface area contributed by atoms with Gasteiger partial charge in [-0.15, -0.1) is 0 Å². The summed E-state index contributed by atoms with van der Waals surface area (Å²) in [5.74, 6) is 3.26. The first-order valence-electron chi connectivity index (χ1n) is 9.79. The summed E-state index contributed by atoms with van der Waals surface area (Å²) < 4.78 is 5.66. The van der Waals surface area contributed by atoms with E-state index in [4.69, 9.17) is 4.74 Å². The largest absolute Gasteiger partial charge is 0.390 e. The van der Waals surface area contributed by atoms with Crippen molar-refractivity contribution in [1.82, 2.24) is 0 Å². The first kappa shape index (κ1) is 16.1. The molecule has 2 nitrogen and oxygen atoms in total. The van der Waals surface area contributed by atoms with Gasteiger partial charge in [-0.25, -0.2) is 0 Å². The van der Waals surface area contributed by atoms with Crippen molar-refractivity contribution in [3.8, 4) is 0 Å². The Morgan fingerprint density at radius 1 is 1.13 bits per heavy atom. The average Bonchev–Trinajstić information content (AvgIpc) is 2.83. The Hall–Kier alpha value is -0.340. The summed E-state index contributed by atoms with van der Waals surface area (Å²) >= 11 is 0. The second-order valence-corrected chi connectivity index (χ2v) is 9.54. The molecule has 2 heteroatoms. The Morgan fingerprint density at radius 3 is 2.65 bits per heavy atom. The molecule has 4 saturated carbocycles. The molecule has 8 atom stereocenters.